The van der Waals surface area contributed by atoms with Gasteiger partial charge in [-0.1, -0.05) is 18.2 Å². The molecule has 1 aromatic heterocycles. The van der Waals surface area contributed by atoms with Gasteiger partial charge in [0, 0.05) is 12.4 Å². The Balaban J connectivity index is 2.60. The van der Waals surface area contributed by atoms with E-state index in [9.17, 15) is 4.79 Å². The Kier molecular flexibility index (Phi) is 3.69. The highest BCUT2D eigenvalue weighted by atomic mass is 16.1. The zero-order valence-electron chi connectivity index (χ0n) is 9.97. The maximum Gasteiger partial charge on any atom is 0.249 e. The molecule has 92 valence electrons. The van der Waals surface area contributed by atoms with Crippen LogP contribution in [-0.4, -0.2) is 17.4 Å². The number of rotatable bonds is 4. The quantitative estimate of drug-likeness (QED) is 0.847. The number of carbonyl (C=O) groups is 1. The molecule has 0 fully saturated rings. The number of nitrogens with two attached hydrogens (primary N) is 2. The van der Waals surface area contributed by atoms with Crippen LogP contribution in [0.2, 0.25) is 0 Å². The molecular weight excluding hydrogens is 226 g/mol. The maximum atomic E-state index is 11.7. The van der Waals surface area contributed by atoms with Gasteiger partial charge in [-0.2, -0.15) is 0 Å². The normalized spacial score (nSPS) is 10.3. The molecule has 0 atom stereocenters. The van der Waals surface area contributed by atoms with Crippen molar-refractivity contribution in [2.24, 2.45) is 11.5 Å². The van der Waals surface area contributed by atoms with Gasteiger partial charge in [-0.15, -0.1) is 0 Å². The number of hydrogen-bond acceptors (Lipinski definition) is 3. The molecule has 0 aliphatic carbocycles. The molecule has 0 bridgehead atoms. The van der Waals surface area contributed by atoms with Crippen LogP contribution in [0.25, 0.3) is 11.1 Å². The van der Waals surface area contributed by atoms with E-state index in [0.717, 1.165) is 16.7 Å². The summed E-state index contributed by atoms with van der Waals surface area (Å²) >= 11 is 0. The van der Waals surface area contributed by atoms with Gasteiger partial charge in [0.25, 0.3) is 0 Å². The second-order valence-corrected chi connectivity index (χ2v) is 3.98. The standard InChI is InChI=1S/C14H15N3O/c15-7-4-11-2-1-3-12(13(11)14(16)18)10-5-8-17-9-6-10/h1-3,5-6,8-9H,4,7,15H2,(H2,16,18). The van der Waals surface area contributed by atoms with E-state index in [0.29, 0.717) is 18.5 Å². The second-order valence-electron chi connectivity index (χ2n) is 3.98. The molecule has 0 saturated carbocycles. The van der Waals surface area contributed by atoms with Gasteiger partial charge in [0.05, 0.1) is 5.56 Å². The lowest BCUT2D eigenvalue weighted by molar-refractivity contribution is 0.1000. The van der Waals surface area contributed by atoms with E-state index in [1.54, 1.807) is 12.4 Å². The van der Waals surface area contributed by atoms with Crippen LogP contribution >= 0.6 is 0 Å². The highest BCUT2D eigenvalue weighted by molar-refractivity contribution is 6.01. The molecular formula is C14H15N3O. The summed E-state index contributed by atoms with van der Waals surface area (Å²) in [6, 6.07) is 9.39. The summed E-state index contributed by atoms with van der Waals surface area (Å²) in [5.74, 6) is -0.425. The zero-order valence-corrected chi connectivity index (χ0v) is 9.97. The summed E-state index contributed by atoms with van der Waals surface area (Å²) in [4.78, 5) is 15.6. The van der Waals surface area contributed by atoms with Crippen LogP contribution in [0.5, 0.6) is 0 Å². The van der Waals surface area contributed by atoms with E-state index < -0.39 is 5.91 Å². The minimum atomic E-state index is -0.425. The zero-order chi connectivity index (χ0) is 13.0. The van der Waals surface area contributed by atoms with Gasteiger partial charge in [-0.25, -0.2) is 0 Å². The average molecular weight is 241 g/mol. The van der Waals surface area contributed by atoms with Gasteiger partial charge in [0.2, 0.25) is 5.91 Å². The number of carbonyl (C=O) groups excluding carboxylic acids is 1. The van der Waals surface area contributed by atoms with Crippen LogP contribution in [0.1, 0.15) is 15.9 Å². The molecule has 0 radical (unpaired) electrons. The van der Waals surface area contributed by atoms with Gasteiger partial charge >= 0.3 is 0 Å². The smallest absolute Gasteiger partial charge is 0.249 e. The topological polar surface area (TPSA) is 82.0 Å². The third-order valence-electron chi connectivity index (χ3n) is 2.80. The minimum absolute atomic E-state index is 0.425. The van der Waals surface area contributed by atoms with Crippen molar-refractivity contribution < 1.29 is 4.79 Å². The van der Waals surface area contributed by atoms with Gasteiger partial charge in [-0.05, 0) is 41.8 Å². The monoisotopic (exact) mass is 241 g/mol. The SMILES string of the molecule is NCCc1cccc(-c2ccncc2)c1C(N)=O. The first-order valence-corrected chi connectivity index (χ1v) is 5.76. The van der Waals surface area contributed by atoms with Crippen LogP contribution in [0.4, 0.5) is 0 Å². The van der Waals surface area contributed by atoms with E-state index in [4.69, 9.17) is 11.5 Å². The van der Waals surface area contributed by atoms with Crippen molar-refractivity contribution in [3.8, 4) is 11.1 Å². The first kappa shape index (κ1) is 12.3. The first-order valence-electron chi connectivity index (χ1n) is 5.76. The Bertz CT molecular complexity index is 552. The molecule has 4 heteroatoms. The summed E-state index contributed by atoms with van der Waals surface area (Å²) in [7, 11) is 0. The summed E-state index contributed by atoms with van der Waals surface area (Å²) < 4.78 is 0. The molecule has 1 amide bonds. The Hall–Kier alpha value is -2.20. The molecule has 1 aromatic carbocycles. The molecule has 4 N–H and O–H groups in total. The van der Waals surface area contributed by atoms with Crippen molar-refractivity contribution in [3.05, 3.63) is 53.9 Å². The third-order valence-corrected chi connectivity index (χ3v) is 2.80. The van der Waals surface area contributed by atoms with Crippen molar-refractivity contribution in [2.75, 3.05) is 6.54 Å². The third kappa shape index (κ3) is 2.38. The molecule has 2 rings (SSSR count). The number of pyridine rings is 1. The predicted molar refractivity (Wildman–Crippen MR) is 70.9 cm³/mol. The molecule has 18 heavy (non-hydrogen) atoms. The number of aromatic nitrogens is 1. The second kappa shape index (κ2) is 5.42. The number of nitrogens with zero attached hydrogens (tertiary/aromatic N) is 1. The first-order chi connectivity index (χ1) is 8.74. The fraction of sp³-hybridized carbons (Fsp3) is 0.143. The summed E-state index contributed by atoms with van der Waals surface area (Å²) in [5.41, 5.74) is 14.2. The van der Waals surface area contributed by atoms with E-state index in [1.807, 2.05) is 30.3 Å². The predicted octanol–water partition coefficient (Wildman–Crippen LogP) is 1.35. The van der Waals surface area contributed by atoms with E-state index in [1.165, 1.54) is 0 Å². The molecule has 0 saturated heterocycles. The van der Waals surface area contributed by atoms with Crippen LogP contribution in [0, 0.1) is 0 Å². The van der Waals surface area contributed by atoms with Gasteiger partial charge in [-0.3, -0.25) is 9.78 Å². The summed E-state index contributed by atoms with van der Waals surface area (Å²) in [5, 5.41) is 0. The van der Waals surface area contributed by atoms with E-state index in [-0.39, 0.29) is 0 Å². The molecule has 0 spiro atoms. The lowest BCUT2D eigenvalue weighted by Gasteiger charge is -2.11. The molecule has 0 aliphatic rings. The summed E-state index contributed by atoms with van der Waals surface area (Å²) in [6.07, 6.45) is 4.02. The number of hydrogen-bond donors (Lipinski definition) is 2. The minimum Gasteiger partial charge on any atom is -0.366 e. The van der Waals surface area contributed by atoms with Crippen molar-refractivity contribution in [3.63, 3.8) is 0 Å². The fourth-order valence-electron chi connectivity index (χ4n) is 2.03. The van der Waals surface area contributed by atoms with Crippen molar-refractivity contribution >= 4 is 5.91 Å². The van der Waals surface area contributed by atoms with Crippen molar-refractivity contribution in [1.82, 2.24) is 4.98 Å². The lowest BCUT2D eigenvalue weighted by Crippen LogP contribution is -2.17. The summed E-state index contributed by atoms with van der Waals surface area (Å²) in [6.45, 7) is 0.486. The van der Waals surface area contributed by atoms with Crippen LogP contribution < -0.4 is 11.5 Å². The van der Waals surface area contributed by atoms with Gasteiger partial charge in [0.1, 0.15) is 0 Å². The van der Waals surface area contributed by atoms with Gasteiger partial charge < -0.3 is 11.5 Å². The Morgan fingerprint density at radius 3 is 2.50 bits per heavy atom. The van der Waals surface area contributed by atoms with Crippen LogP contribution in [0.15, 0.2) is 42.7 Å². The van der Waals surface area contributed by atoms with Crippen LogP contribution in [0.3, 0.4) is 0 Å². The Labute approximate surface area is 106 Å². The molecule has 4 nitrogen and oxygen atoms in total. The average Bonchev–Trinajstić information content (AvgIpc) is 2.39. The Morgan fingerprint density at radius 1 is 1.17 bits per heavy atom. The van der Waals surface area contributed by atoms with E-state index in [2.05, 4.69) is 4.98 Å². The molecule has 0 aliphatic heterocycles. The molecule has 2 aromatic rings. The Morgan fingerprint density at radius 2 is 1.89 bits per heavy atom. The molecule has 1 heterocycles. The van der Waals surface area contributed by atoms with Crippen LogP contribution in [-0.2, 0) is 6.42 Å². The lowest BCUT2D eigenvalue weighted by atomic mass is 9.94. The molecule has 0 unspecified atom stereocenters. The highest BCUT2D eigenvalue weighted by Gasteiger charge is 2.14. The van der Waals surface area contributed by atoms with E-state index >= 15 is 0 Å². The van der Waals surface area contributed by atoms with Crippen molar-refractivity contribution in [2.45, 2.75) is 6.42 Å². The highest BCUT2D eigenvalue weighted by Crippen LogP contribution is 2.25. The van der Waals surface area contributed by atoms with Gasteiger partial charge in [0.15, 0.2) is 0 Å². The van der Waals surface area contributed by atoms with Crippen molar-refractivity contribution in [1.29, 1.82) is 0 Å². The number of primary amides is 1. The largest absolute Gasteiger partial charge is 0.366 e. The number of amides is 1. The fourth-order valence-corrected chi connectivity index (χ4v) is 2.03. The number of benzene rings is 1. The maximum absolute atomic E-state index is 11.7.